The molecule has 0 amide bonds. The van der Waals surface area contributed by atoms with Crippen molar-refractivity contribution in [1.29, 1.82) is 0 Å². The fraction of sp³-hybridized carbons (Fsp3) is 0.538. The molecule has 0 bridgehead atoms. The first-order chi connectivity index (χ1) is 8.79. The Morgan fingerprint density at radius 1 is 1.32 bits per heavy atom. The monoisotopic (exact) mass is 286 g/mol. The predicted molar refractivity (Wildman–Crippen MR) is 72.7 cm³/mol. The van der Waals surface area contributed by atoms with Crippen LogP contribution in [0, 0.1) is 19.7 Å². The zero-order valence-electron chi connectivity index (χ0n) is 11.1. The van der Waals surface area contributed by atoms with Gasteiger partial charge in [-0.3, -0.25) is 0 Å². The van der Waals surface area contributed by atoms with Gasteiger partial charge in [-0.25, -0.2) is 17.9 Å². The van der Waals surface area contributed by atoms with Crippen molar-refractivity contribution in [2.75, 3.05) is 6.54 Å². The minimum absolute atomic E-state index is 0.140. The molecule has 2 rings (SSSR count). The molecule has 2 atom stereocenters. The summed E-state index contributed by atoms with van der Waals surface area (Å²) < 4.78 is 36.6. The highest BCUT2D eigenvalue weighted by atomic mass is 32.2. The summed E-state index contributed by atoms with van der Waals surface area (Å²) in [7, 11) is -3.51. The van der Waals surface area contributed by atoms with E-state index >= 15 is 0 Å². The molecule has 3 N–H and O–H groups in total. The lowest BCUT2D eigenvalue weighted by Gasteiger charge is -2.30. The van der Waals surface area contributed by atoms with Crippen LogP contribution < -0.4 is 10.5 Å². The lowest BCUT2D eigenvalue weighted by Crippen LogP contribution is -2.43. The van der Waals surface area contributed by atoms with Crippen LogP contribution in [0.5, 0.6) is 0 Å². The summed E-state index contributed by atoms with van der Waals surface area (Å²) in [5.74, 6) is -0.232. The van der Waals surface area contributed by atoms with E-state index in [1.807, 2.05) is 19.9 Å². The van der Waals surface area contributed by atoms with E-state index in [2.05, 4.69) is 5.32 Å². The van der Waals surface area contributed by atoms with Crippen LogP contribution in [0.1, 0.15) is 35.6 Å². The van der Waals surface area contributed by atoms with Crippen molar-refractivity contribution in [2.24, 2.45) is 5.14 Å². The maximum Gasteiger partial charge on any atom is 0.213 e. The lowest BCUT2D eigenvalue weighted by atomic mass is 9.92. The standard InChI is InChI=1S/C13H19FN2O2S/c1-8-5-9(2)13(11(14)6-8)12-4-3-10(7-16-12)19(15,17)18/h5-6,10,12,16H,3-4,7H2,1-2H3,(H2,15,17,18). The van der Waals surface area contributed by atoms with E-state index < -0.39 is 15.3 Å². The number of piperidine rings is 1. The average Bonchev–Trinajstić information content (AvgIpc) is 2.27. The van der Waals surface area contributed by atoms with Gasteiger partial charge in [0.15, 0.2) is 0 Å². The highest BCUT2D eigenvalue weighted by Crippen LogP contribution is 2.30. The first-order valence-electron chi connectivity index (χ1n) is 6.30. The van der Waals surface area contributed by atoms with Crippen LogP contribution in [0.4, 0.5) is 4.39 Å². The Labute approximate surface area is 113 Å². The van der Waals surface area contributed by atoms with Gasteiger partial charge in [0.05, 0.1) is 5.25 Å². The molecule has 0 radical (unpaired) electrons. The zero-order chi connectivity index (χ0) is 14.2. The molecule has 1 saturated heterocycles. The van der Waals surface area contributed by atoms with Gasteiger partial charge < -0.3 is 5.32 Å². The smallest absolute Gasteiger partial charge is 0.213 e. The number of rotatable bonds is 2. The second-order valence-corrected chi connectivity index (χ2v) is 7.07. The van der Waals surface area contributed by atoms with Crippen molar-refractivity contribution < 1.29 is 12.8 Å². The number of halogens is 1. The molecule has 19 heavy (non-hydrogen) atoms. The number of primary sulfonamides is 1. The van der Waals surface area contributed by atoms with Crippen molar-refractivity contribution in [2.45, 2.75) is 38.0 Å². The van der Waals surface area contributed by atoms with Crippen LogP contribution in [0.15, 0.2) is 12.1 Å². The van der Waals surface area contributed by atoms with Crippen LogP contribution in [0.2, 0.25) is 0 Å². The fourth-order valence-electron chi connectivity index (χ4n) is 2.73. The third kappa shape index (κ3) is 3.13. The van der Waals surface area contributed by atoms with Gasteiger partial charge in [0.2, 0.25) is 10.0 Å². The Kier molecular flexibility index (Phi) is 3.94. The Morgan fingerprint density at radius 2 is 2.00 bits per heavy atom. The Balaban J connectivity index is 2.19. The molecule has 0 saturated carbocycles. The minimum Gasteiger partial charge on any atom is -0.308 e. The van der Waals surface area contributed by atoms with Crippen molar-refractivity contribution in [3.8, 4) is 0 Å². The highest BCUT2D eigenvalue weighted by molar-refractivity contribution is 7.89. The van der Waals surface area contributed by atoms with Gasteiger partial charge in [0, 0.05) is 18.2 Å². The molecule has 1 aromatic carbocycles. The number of benzene rings is 1. The second-order valence-electron chi connectivity index (χ2n) is 5.23. The van der Waals surface area contributed by atoms with Crippen molar-refractivity contribution in [3.63, 3.8) is 0 Å². The van der Waals surface area contributed by atoms with Gasteiger partial charge >= 0.3 is 0 Å². The molecule has 0 aromatic heterocycles. The number of hydrogen-bond acceptors (Lipinski definition) is 3. The highest BCUT2D eigenvalue weighted by Gasteiger charge is 2.30. The lowest BCUT2D eigenvalue weighted by molar-refractivity contribution is 0.395. The van der Waals surface area contributed by atoms with E-state index in [4.69, 9.17) is 5.14 Å². The largest absolute Gasteiger partial charge is 0.308 e. The summed E-state index contributed by atoms with van der Waals surface area (Å²) in [5, 5.41) is 7.65. The summed E-state index contributed by atoms with van der Waals surface area (Å²) in [5.41, 5.74) is 2.42. The summed E-state index contributed by atoms with van der Waals surface area (Å²) in [6, 6.07) is 3.31. The van der Waals surface area contributed by atoms with E-state index in [-0.39, 0.29) is 18.4 Å². The quantitative estimate of drug-likeness (QED) is 0.866. The molecule has 1 fully saturated rings. The van der Waals surface area contributed by atoms with Gasteiger partial charge in [-0.05, 0) is 43.9 Å². The Bertz CT molecular complexity index is 555. The molecule has 2 unspecified atom stereocenters. The molecule has 1 aromatic rings. The van der Waals surface area contributed by atoms with Gasteiger partial charge in [0.25, 0.3) is 0 Å². The number of hydrogen-bond donors (Lipinski definition) is 2. The molecule has 4 nitrogen and oxygen atoms in total. The molecule has 1 heterocycles. The molecule has 6 heteroatoms. The van der Waals surface area contributed by atoms with Crippen LogP contribution >= 0.6 is 0 Å². The molecule has 1 aliphatic heterocycles. The van der Waals surface area contributed by atoms with Crippen LogP contribution in [-0.2, 0) is 10.0 Å². The van der Waals surface area contributed by atoms with Crippen molar-refractivity contribution >= 4 is 10.0 Å². The average molecular weight is 286 g/mol. The van der Waals surface area contributed by atoms with Crippen LogP contribution in [-0.4, -0.2) is 20.2 Å². The summed E-state index contributed by atoms with van der Waals surface area (Å²) in [4.78, 5) is 0. The molecule has 106 valence electrons. The molecule has 0 aliphatic carbocycles. The summed E-state index contributed by atoms with van der Waals surface area (Å²) in [6.07, 6.45) is 1.03. The number of nitrogens with one attached hydrogen (secondary N) is 1. The fourth-order valence-corrected chi connectivity index (χ4v) is 3.52. The Hall–Kier alpha value is -0.980. The van der Waals surface area contributed by atoms with E-state index in [0.29, 0.717) is 18.4 Å². The maximum absolute atomic E-state index is 14.0. The molecular formula is C13H19FN2O2S. The van der Waals surface area contributed by atoms with Gasteiger partial charge in [-0.15, -0.1) is 0 Å². The van der Waals surface area contributed by atoms with Crippen molar-refractivity contribution in [1.82, 2.24) is 5.32 Å². The molecular weight excluding hydrogens is 267 g/mol. The normalized spacial score (nSPS) is 24.4. The van der Waals surface area contributed by atoms with Gasteiger partial charge in [0.1, 0.15) is 5.82 Å². The number of nitrogens with two attached hydrogens (primary N) is 1. The van der Waals surface area contributed by atoms with Gasteiger partial charge in [-0.2, -0.15) is 0 Å². The molecule has 0 spiro atoms. The van der Waals surface area contributed by atoms with E-state index in [1.54, 1.807) is 0 Å². The van der Waals surface area contributed by atoms with Gasteiger partial charge in [-0.1, -0.05) is 6.07 Å². The van der Waals surface area contributed by atoms with E-state index in [0.717, 1.165) is 11.1 Å². The zero-order valence-corrected chi connectivity index (χ0v) is 11.9. The third-order valence-electron chi connectivity index (χ3n) is 3.66. The molecule has 1 aliphatic rings. The van der Waals surface area contributed by atoms with Crippen LogP contribution in [0.25, 0.3) is 0 Å². The third-order valence-corrected chi connectivity index (χ3v) is 4.99. The van der Waals surface area contributed by atoms with E-state index in [9.17, 15) is 12.8 Å². The number of aryl methyl sites for hydroxylation is 2. The predicted octanol–water partition coefficient (Wildman–Crippen LogP) is 1.52. The summed E-state index contributed by atoms with van der Waals surface area (Å²) >= 11 is 0. The summed E-state index contributed by atoms with van der Waals surface area (Å²) in [6.45, 7) is 4.00. The minimum atomic E-state index is -3.51. The SMILES string of the molecule is Cc1cc(C)c(C2CCC(S(N)(=O)=O)CN2)c(F)c1. The van der Waals surface area contributed by atoms with Crippen molar-refractivity contribution in [3.05, 3.63) is 34.6 Å². The maximum atomic E-state index is 14.0. The number of sulfonamides is 1. The first kappa shape index (κ1) is 14.4. The first-order valence-corrected chi connectivity index (χ1v) is 7.91. The topological polar surface area (TPSA) is 72.2 Å². The second kappa shape index (κ2) is 5.19. The Morgan fingerprint density at radius 3 is 2.47 bits per heavy atom. The van der Waals surface area contributed by atoms with E-state index in [1.165, 1.54) is 6.07 Å². The van der Waals surface area contributed by atoms with Crippen LogP contribution in [0.3, 0.4) is 0 Å².